The molecule has 0 radical (unpaired) electrons. The van der Waals surface area contributed by atoms with Crippen molar-refractivity contribution in [1.29, 1.82) is 0 Å². The quantitative estimate of drug-likeness (QED) is 0.428. The Bertz CT molecular complexity index is 218. The maximum absolute atomic E-state index is 3.99. The predicted molar refractivity (Wildman–Crippen MR) is 39.1 cm³/mol. The fourth-order valence-electron chi connectivity index (χ4n) is 1.76. The average molecular weight is 118 g/mol. The Morgan fingerprint density at radius 1 is 1.44 bits per heavy atom. The molecule has 1 fully saturated rings. The molecule has 2 aliphatic rings. The van der Waals surface area contributed by atoms with E-state index in [1.165, 1.54) is 23.1 Å². The highest BCUT2D eigenvalue weighted by Crippen LogP contribution is 2.45. The molecule has 0 heterocycles. The van der Waals surface area contributed by atoms with E-state index < -0.39 is 0 Å². The first-order valence-electron chi connectivity index (χ1n) is 3.33. The van der Waals surface area contributed by atoms with Gasteiger partial charge in [-0.2, -0.15) is 0 Å². The van der Waals surface area contributed by atoms with E-state index in [1.807, 2.05) is 0 Å². The molecule has 2 bridgehead atoms. The molecule has 1 unspecified atom stereocenters. The molecule has 9 heavy (non-hydrogen) atoms. The molecule has 1 saturated carbocycles. The highest BCUT2D eigenvalue weighted by atomic mass is 14.3. The molecule has 0 N–H and O–H groups in total. The molecule has 0 aliphatic heterocycles. The third kappa shape index (κ3) is 0.533. The van der Waals surface area contributed by atoms with Crippen LogP contribution >= 0.6 is 0 Å². The van der Waals surface area contributed by atoms with Crippen LogP contribution in [0.1, 0.15) is 12.8 Å². The zero-order valence-electron chi connectivity index (χ0n) is 5.48. The lowest BCUT2D eigenvalue weighted by Crippen LogP contribution is -1.94. The normalized spacial score (nSPS) is 31.6. The van der Waals surface area contributed by atoms with Gasteiger partial charge in [0.25, 0.3) is 0 Å². The molecular formula is C9H10. The Kier molecular flexibility index (Phi) is 0.774. The summed E-state index contributed by atoms with van der Waals surface area (Å²) in [5, 5.41) is 0. The van der Waals surface area contributed by atoms with E-state index in [9.17, 15) is 0 Å². The van der Waals surface area contributed by atoms with Crippen molar-refractivity contribution < 1.29 is 0 Å². The summed E-state index contributed by atoms with van der Waals surface area (Å²) in [5.41, 5.74) is 4.19. The summed E-state index contributed by atoms with van der Waals surface area (Å²) in [4.78, 5) is 0. The first-order valence-corrected chi connectivity index (χ1v) is 3.33. The molecule has 0 saturated heterocycles. The van der Waals surface area contributed by atoms with Gasteiger partial charge in [-0.25, -0.2) is 0 Å². The second-order valence-corrected chi connectivity index (χ2v) is 2.97. The van der Waals surface area contributed by atoms with Gasteiger partial charge in [0.15, 0.2) is 0 Å². The van der Waals surface area contributed by atoms with Gasteiger partial charge in [-0.3, -0.25) is 0 Å². The van der Waals surface area contributed by atoms with Crippen LogP contribution < -0.4 is 0 Å². The van der Waals surface area contributed by atoms with Crippen LogP contribution in [0.2, 0.25) is 0 Å². The van der Waals surface area contributed by atoms with Crippen molar-refractivity contribution in [2.75, 3.05) is 0 Å². The Morgan fingerprint density at radius 3 is 2.56 bits per heavy atom. The van der Waals surface area contributed by atoms with Gasteiger partial charge in [-0.1, -0.05) is 30.4 Å². The van der Waals surface area contributed by atoms with Crippen LogP contribution in [0, 0.1) is 5.92 Å². The maximum atomic E-state index is 3.99. The van der Waals surface area contributed by atoms with Crippen LogP contribution in [0.5, 0.6) is 0 Å². The summed E-state index contributed by atoms with van der Waals surface area (Å²) in [6.45, 7) is 7.94. The molecule has 46 valence electrons. The lowest BCUT2D eigenvalue weighted by Gasteiger charge is -2.08. The lowest BCUT2D eigenvalue weighted by molar-refractivity contribution is 0.823. The highest BCUT2D eigenvalue weighted by molar-refractivity contribution is 5.45. The second kappa shape index (κ2) is 1.38. The number of fused-ring (bicyclic) bond motifs is 2. The van der Waals surface area contributed by atoms with E-state index in [-0.39, 0.29) is 0 Å². The third-order valence-electron chi connectivity index (χ3n) is 2.25. The average Bonchev–Trinajstić information content (AvgIpc) is 2.22. The smallest absolute Gasteiger partial charge is 0.00802 e. The van der Waals surface area contributed by atoms with Gasteiger partial charge in [0, 0.05) is 5.92 Å². The van der Waals surface area contributed by atoms with Crippen molar-refractivity contribution in [3.63, 3.8) is 0 Å². The zero-order chi connectivity index (χ0) is 6.43. The molecule has 0 aromatic carbocycles. The Hall–Kier alpha value is -0.780. The molecule has 2 rings (SSSR count). The topological polar surface area (TPSA) is 0 Å². The summed E-state index contributed by atoms with van der Waals surface area (Å²) < 4.78 is 0. The summed E-state index contributed by atoms with van der Waals surface area (Å²) in [5.74, 6) is 0.625. The van der Waals surface area contributed by atoms with Crippen LogP contribution in [0.3, 0.4) is 0 Å². The van der Waals surface area contributed by atoms with Crippen molar-refractivity contribution in [1.82, 2.24) is 0 Å². The SMILES string of the molecule is C=C1C=C2CC(=C)C1C2. The van der Waals surface area contributed by atoms with Crippen LogP contribution in [0.4, 0.5) is 0 Å². The van der Waals surface area contributed by atoms with Crippen molar-refractivity contribution in [2.45, 2.75) is 12.8 Å². The Labute approximate surface area is 55.6 Å². The monoisotopic (exact) mass is 118 g/mol. The van der Waals surface area contributed by atoms with Crippen molar-refractivity contribution in [2.24, 2.45) is 5.92 Å². The first-order chi connectivity index (χ1) is 4.27. The molecule has 0 amide bonds. The van der Waals surface area contributed by atoms with Gasteiger partial charge >= 0.3 is 0 Å². The van der Waals surface area contributed by atoms with Gasteiger partial charge in [0.2, 0.25) is 0 Å². The predicted octanol–water partition coefficient (Wildman–Crippen LogP) is 2.45. The zero-order valence-corrected chi connectivity index (χ0v) is 5.48. The number of rotatable bonds is 0. The molecule has 0 aromatic rings. The third-order valence-corrected chi connectivity index (χ3v) is 2.25. The Morgan fingerprint density at radius 2 is 2.22 bits per heavy atom. The molecule has 0 heteroatoms. The second-order valence-electron chi connectivity index (χ2n) is 2.97. The minimum Gasteiger partial charge on any atom is -0.0989 e. The van der Waals surface area contributed by atoms with E-state index in [1.54, 1.807) is 0 Å². The lowest BCUT2D eigenvalue weighted by atomic mass is 9.96. The minimum atomic E-state index is 0.625. The minimum absolute atomic E-state index is 0.625. The number of hydrogen-bond acceptors (Lipinski definition) is 0. The van der Waals surface area contributed by atoms with Crippen LogP contribution in [-0.2, 0) is 0 Å². The Balaban J connectivity index is 2.47. The van der Waals surface area contributed by atoms with Gasteiger partial charge in [-0.15, -0.1) is 0 Å². The van der Waals surface area contributed by atoms with Crippen LogP contribution in [0.25, 0.3) is 0 Å². The molecule has 1 atom stereocenters. The number of allylic oxidation sites excluding steroid dienone is 4. The maximum Gasteiger partial charge on any atom is 0.00802 e. The molecule has 0 nitrogen and oxygen atoms in total. The van der Waals surface area contributed by atoms with E-state index in [0.717, 1.165) is 6.42 Å². The van der Waals surface area contributed by atoms with E-state index in [4.69, 9.17) is 0 Å². The summed E-state index contributed by atoms with van der Waals surface area (Å²) >= 11 is 0. The fourth-order valence-corrected chi connectivity index (χ4v) is 1.76. The highest BCUT2D eigenvalue weighted by Gasteiger charge is 2.29. The number of hydrogen-bond donors (Lipinski definition) is 0. The standard InChI is InChI=1S/C9H10/c1-6-3-8-4-7(2)9(6)5-8/h3,9H,1-2,4-5H2. The van der Waals surface area contributed by atoms with E-state index >= 15 is 0 Å². The van der Waals surface area contributed by atoms with Gasteiger partial charge < -0.3 is 0 Å². The van der Waals surface area contributed by atoms with Crippen molar-refractivity contribution >= 4 is 0 Å². The van der Waals surface area contributed by atoms with E-state index in [0.29, 0.717) is 5.92 Å². The summed E-state index contributed by atoms with van der Waals surface area (Å²) in [6, 6.07) is 0. The summed E-state index contributed by atoms with van der Waals surface area (Å²) in [7, 11) is 0. The van der Waals surface area contributed by atoms with Crippen LogP contribution in [-0.4, -0.2) is 0 Å². The van der Waals surface area contributed by atoms with Gasteiger partial charge in [-0.05, 0) is 18.4 Å². The molecule has 0 aromatic heterocycles. The van der Waals surface area contributed by atoms with Crippen molar-refractivity contribution in [3.05, 3.63) is 36.0 Å². The van der Waals surface area contributed by atoms with E-state index in [2.05, 4.69) is 19.2 Å². The largest absolute Gasteiger partial charge is 0.0989 e. The molecule has 0 spiro atoms. The van der Waals surface area contributed by atoms with Crippen molar-refractivity contribution in [3.8, 4) is 0 Å². The molecular weight excluding hydrogens is 108 g/mol. The van der Waals surface area contributed by atoms with Crippen LogP contribution in [0.15, 0.2) is 36.0 Å². The fraction of sp³-hybridized carbons (Fsp3) is 0.333. The molecule has 2 aliphatic carbocycles. The first kappa shape index (κ1) is 5.04. The van der Waals surface area contributed by atoms with Gasteiger partial charge in [0.1, 0.15) is 0 Å². The van der Waals surface area contributed by atoms with Gasteiger partial charge in [0.05, 0.1) is 0 Å². The summed E-state index contributed by atoms with van der Waals surface area (Å²) in [6.07, 6.45) is 4.58.